The number of thiazole rings is 1. The van der Waals surface area contributed by atoms with E-state index in [1.807, 2.05) is 13.8 Å². The van der Waals surface area contributed by atoms with Crippen LogP contribution in [0.5, 0.6) is 0 Å². The molecule has 138 valence electrons. The van der Waals surface area contributed by atoms with Crippen molar-refractivity contribution in [2.45, 2.75) is 26.8 Å². The highest BCUT2D eigenvalue weighted by Crippen LogP contribution is 2.17. The number of hydrogen-bond acceptors (Lipinski definition) is 5. The van der Waals surface area contributed by atoms with Crippen molar-refractivity contribution >= 4 is 34.8 Å². The van der Waals surface area contributed by atoms with Gasteiger partial charge in [-0.1, -0.05) is 13.8 Å². The number of aromatic carboxylic acids is 1. The van der Waals surface area contributed by atoms with Crippen molar-refractivity contribution in [2.75, 3.05) is 5.32 Å². The number of nitrogens with zero attached hydrogens (tertiary/aromatic N) is 1. The molecule has 3 N–H and O–H groups in total. The molecule has 0 aliphatic heterocycles. The van der Waals surface area contributed by atoms with Crippen LogP contribution in [0.3, 0.4) is 0 Å². The molecular formula is C17H18FN3O4S. The molecule has 0 atom stereocenters. The summed E-state index contributed by atoms with van der Waals surface area (Å²) in [6, 6.07) is 3.76. The average molecular weight is 379 g/mol. The standard InChI is InChI=1S/C17H18FN3O4S/c1-9(2)5-14(22)20-12-4-3-10(6-11(12)18)16(23)19-7-15-21-13(8-26-15)17(24)25/h3-4,6,8-9H,5,7H2,1-2H3,(H,19,23)(H,20,22)(H,24,25). The number of anilines is 1. The Balaban J connectivity index is 1.97. The third-order valence-electron chi connectivity index (χ3n) is 3.27. The summed E-state index contributed by atoms with van der Waals surface area (Å²) >= 11 is 1.10. The van der Waals surface area contributed by atoms with Crippen molar-refractivity contribution in [3.63, 3.8) is 0 Å². The van der Waals surface area contributed by atoms with Crippen molar-refractivity contribution in [1.82, 2.24) is 10.3 Å². The van der Waals surface area contributed by atoms with Crippen LogP contribution in [0.25, 0.3) is 0 Å². The number of carbonyl (C=O) groups is 3. The molecule has 1 heterocycles. The van der Waals surface area contributed by atoms with Gasteiger partial charge in [0.15, 0.2) is 5.69 Å². The molecule has 9 heteroatoms. The number of carboxylic acid groups (broad SMARTS) is 1. The van der Waals surface area contributed by atoms with Gasteiger partial charge in [0.25, 0.3) is 5.91 Å². The summed E-state index contributed by atoms with van der Waals surface area (Å²) in [6.07, 6.45) is 0.272. The van der Waals surface area contributed by atoms with Crippen molar-refractivity contribution in [2.24, 2.45) is 5.92 Å². The maximum absolute atomic E-state index is 14.1. The molecule has 0 unspecified atom stereocenters. The van der Waals surface area contributed by atoms with Gasteiger partial charge >= 0.3 is 5.97 Å². The number of rotatable bonds is 7. The fraction of sp³-hybridized carbons (Fsp3) is 0.294. The van der Waals surface area contributed by atoms with Gasteiger partial charge in [-0.3, -0.25) is 9.59 Å². The van der Waals surface area contributed by atoms with Gasteiger partial charge in [-0.05, 0) is 24.1 Å². The fourth-order valence-corrected chi connectivity index (χ4v) is 2.79. The van der Waals surface area contributed by atoms with Gasteiger partial charge in [-0.25, -0.2) is 14.2 Å². The van der Waals surface area contributed by atoms with Crippen LogP contribution in [0.1, 0.15) is 46.1 Å². The summed E-state index contributed by atoms with van der Waals surface area (Å²) in [4.78, 5) is 38.4. The van der Waals surface area contributed by atoms with Crippen LogP contribution in [-0.4, -0.2) is 27.9 Å². The van der Waals surface area contributed by atoms with Crippen molar-refractivity contribution < 1.29 is 23.9 Å². The van der Waals surface area contributed by atoms with Crippen LogP contribution >= 0.6 is 11.3 Å². The second-order valence-electron chi connectivity index (χ2n) is 5.96. The lowest BCUT2D eigenvalue weighted by molar-refractivity contribution is -0.116. The molecule has 2 rings (SSSR count). The zero-order valence-electron chi connectivity index (χ0n) is 14.2. The molecule has 0 bridgehead atoms. The lowest BCUT2D eigenvalue weighted by atomic mass is 10.1. The first-order chi connectivity index (χ1) is 12.3. The molecule has 2 amide bonds. The minimum absolute atomic E-state index is 0.0122. The van der Waals surface area contributed by atoms with Gasteiger partial charge in [0, 0.05) is 17.4 Å². The molecule has 1 aromatic heterocycles. The van der Waals surface area contributed by atoms with Crippen LogP contribution in [0.2, 0.25) is 0 Å². The fourth-order valence-electron chi connectivity index (χ4n) is 2.08. The van der Waals surface area contributed by atoms with Gasteiger partial charge in [0.2, 0.25) is 5.91 Å². The first-order valence-corrected chi connectivity index (χ1v) is 8.69. The molecule has 0 fully saturated rings. The molecule has 1 aromatic carbocycles. The molecule has 0 spiro atoms. The number of nitrogens with one attached hydrogen (secondary N) is 2. The highest BCUT2D eigenvalue weighted by Gasteiger charge is 2.14. The second kappa shape index (κ2) is 8.52. The van der Waals surface area contributed by atoms with Crippen molar-refractivity contribution in [1.29, 1.82) is 0 Å². The Hall–Kier alpha value is -2.81. The van der Waals surface area contributed by atoms with E-state index in [0.29, 0.717) is 5.01 Å². The molecule has 0 saturated carbocycles. The minimum atomic E-state index is -1.14. The van der Waals surface area contributed by atoms with Crippen LogP contribution in [0, 0.1) is 11.7 Å². The first kappa shape index (κ1) is 19.5. The van der Waals surface area contributed by atoms with Gasteiger partial charge in [0.1, 0.15) is 10.8 Å². The molecule has 26 heavy (non-hydrogen) atoms. The zero-order valence-corrected chi connectivity index (χ0v) is 15.0. The number of carbonyl (C=O) groups excluding carboxylic acids is 2. The summed E-state index contributed by atoms with van der Waals surface area (Å²) in [7, 11) is 0. The highest BCUT2D eigenvalue weighted by molar-refractivity contribution is 7.09. The quantitative estimate of drug-likeness (QED) is 0.685. The first-order valence-electron chi connectivity index (χ1n) is 7.81. The van der Waals surface area contributed by atoms with Gasteiger partial charge < -0.3 is 15.7 Å². The third kappa shape index (κ3) is 5.35. The Bertz CT molecular complexity index is 835. The molecule has 2 aromatic rings. The number of halogens is 1. The lowest BCUT2D eigenvalue weighted by Crippen LogP contribution is -2.23. The Morgan fingerprint density at radius 3 is 2.62 bits per heavy atom. The van der Waals surface area contributed by atoms with Crippen LogP contribution in [0.15, 0.2) is 23.6 Å². The predicted octanol–water partition coefficient (Wildman–Crippen LogP) is 2.90. The Morgan fingerprint density at radius 1 is 1.31 bits per heavy atom. The van der Waals surface area contributed by atoms with E-state index in [-0.39, 0.29) is 41.7 Å². The largest absolute Gasteiger partial charge is 0.476 e. The van der Waals surface area contributed by atoms with E-state index in [4.69, 9.17) is 5.11 Å². The minimum Gasteiger partial charge on any atom is -0.476 e. The third-order valence-corrected chi connectivity index (χ3v) is 4.12. The van der Waals surface area contributed by atoms with E-state index in [1.165, 1.54) is 17.5 Å². The summed E-state index contributed by atoms with van der Waals surface area (Å²) in [5.74, 6) is -2.53. The van der Waals surface area contributed by atoms with E-state index in [9.17, 15) is 18.8 Å². The molecule has 7 nitrogen and oxygen atoms in total. The van der Waals surface area contributed by atoms with Crippen LogP contribution in [0.4, 0.5) is 10.1 Å². The lowest BCUT2D eigenvalue weighted by Gasteiger charge is -2.09. The van der Waals surface area contributed by atoms with Crippen molar-refractivity contribution in [3.8, 4) is 0 Å². The van der Waals surface area contributed by atoms with Crippen LogP contribution < -0.4 is 10.6 Å². The number of carboxylic acids is 1. The molecule has 0 saturated heterocycles. The molecule has 0 aliphatic carbocycles. The SMILES string of the molecule is CC(C)CC(=O)Nc1ccc(C(=O)NCc2nc(C(=O)O)cs2)cc1F. The number of amides is 2. The summed E-state index contributed by atoms with van der Waals surface area (Å²) < 4.78 is 14.1. The molecule has 0 aliphatic rings. The van der Waals surface area contributed by atoms with Crippen LogP contribution in [-0.2, 0) is 11.3 Å². The molecular weight excluding hydrogens is 361 g/mol. The van der Waals surface area contributed by atoms with Gasteiger partial charge in [0.05, 0.1) is 12.2 Å². The second-order valence-corrected chi connectivity index (χ2v) is 6.90. The normalized spacial score (nSPS) is 10.6. The van der Waals surface area contributed by atoms with E-state index in [2.05, 4.69) is 15.6 Å². The maximum Gasteiger partial charge on any atom is 0.355 e. The van der Waals surface area contributed by atoms with E-state index >= 15 is 0 Å². The number of hydrogen-bond donors (Lipinski definition) is 3. The Kier molecular flexibility index (Phi) is 6.40. The summed E-state index contributed by atoms with van der Waals surface area (Å²) in [5, 5.41) is 15.6. The number of aromatic nitrogens is 1. The number of benzene rings is 1. The average Bonchev–Trinajstić information content (AvgIpc) is 3.03. The van der Waals surface area contributed by atoms with Gasteiger partial charge in [-0.2, -0.15) is 0 Å². The topological polar surface area (TPSA) is 108 Å². The smallest absolute Gasteiger partial charge is 0.355 e. The van der Waals surface area contributed by atoms with E-state index in [0.717, 1.165) is 17.4 Å². The monoisotopic (exact) mass is 379 g/mol. The van der Waals surface area contributed by atoms with Gasteiger partial charge in [-0.15, -0.1) is 11.3 Å². The zero-order chi connectivity index (χ0) is 19.3. The van der Waals surface area contributed by atoms with E-state index in [1.54, 1.807) is 0 Å². The predicted molar refractivity (Wildman–Crippen MR) is 94.7 cm³/mol. The Labute approximate surface area is 153 Å². The summed E-state index contributed by atoms with van der Waals surface area (Å²) in [6.45, 7) is 3.79. The Morgan fingerprint density at radius 2 is 2.04 bits per heavy atom. The highest BCUT2D eigenvalue weighted by atomic mass is 32.1. The molecule has 0 radical (unpaired) electrons. The van der Waals surface area contributed by atoms with Crippen molar-refractivity contribution in [3.05, 3.63) is 45.7 Å². The maximum atomic E-state index is 14.1. The van der Waals surface area contributed by atoms with E-state index < -0.39 is 17.7 Å². The summed E-state index contributed by atoms with van der Waals surface area (Å²) in [5.41, 5.74) is 0.00406.